The molecule has 0 unspecified atom stereocenters. The minimum absolute atomic E-state index is 0.00979. The van der Waals surface area contributed by atoms with E-state index in [0.29, 0.717) is 16.7 Å². The van der Waals surface area contributed by atoms with Crippen molar-refractivity contribution in [3.63, 3.8) is 0 Å². The first-order valence-corrected chi connectivity index (χ1v) is 9.43. The molecule has 0 fully saturated rings. The SMILES string of the molecule is CC(=O)c1ccc(-c2ccc3cccc(-c4ccc(C(C)=O)cc4)c3c2O)cc1. The van der Waals surface area contributed by atoms with Crippen molar-refractivity contribution in [3.8, 4) is 28.0 Å². The molecule has 1 N–H and O–H groups in total. The zero-order valence-corrected chi connectivity index (χ0v) is 16.3. The molecule has 0 spiro atoms. The van der Waals surface area contributed by atoms with Crippen LogP contribution in [0.1, 0.15) is 34.6 Å². The molecule has 4 rings (SSSR count). The van der Waals surface area contributed by atoms with E-state index < -0.39 is 0 Å². The maximum Gasteiger partial charge on any atom is 0.159 e. The lowest BCUT2D eigenvalue weighted by atomic mass is 9.92. The molecule has 0 atom stereocenters. The number of benzene rings is 4. The third-order valence-corrected chi connectivity index (χ3v) is 5.22. The Morgan fingerprint density at radius 3 is 1.66 bits per heavy atom. The van der Waals surface area contributed by atoms with Crippen molar-refractivity contribution in [1.82, 2.24) is 0 Å². The van der Waals surface area contributed by atoms with Crippen LogP contribution in [0.4, 0.5) is 0 Å². The summed E-state index contributed by atoms with van der Waals surface area (Å²) in [5, 5.41) is 12.8. The van der Waals surface area contributed by atoms with Gasteiger partial charge in [0, 0.05) is 22.1 Å². The molecule has 4 aromatic rings. The number of fused-ring (bicyclic) bond motifs is 1. The van der Waals surface area contributed by atoms with Crippen LogP contribution < -0.4 is 0 Å². The maximum absolute atomic E-state index is 11.6. The Morgan fingerprint density at radius 2 is 1.14 bits per heavy atom. The van der Waals surface area contributed by atoms with E-state index in [2.05, 4.69) is 0 Å². The molecule has 142 valence electrons. The van der Waals surface area contributed by atoms with Crippen LogP contribution in [0.2, 0.25) is 0 Å². The highest BCUT2D eigenvalue weighted by molar-refractivity contribution is 6.05. The molecule has 0 heterocycles. The van der Waals surface area contributed by atoms with Gasteiger partial charge >= 0.3 is 0 Å². The second-order valence-electron chi connectivity index (χ2n) is 7.13. The van der Waals surface area contributed by atoms with Crippen LogP contribution in [0.3, 0.4) is 0 Å². The fourth-order valence-corrected chi connectivity index (χ4v) is 3.60. The molecule has 0 amide bonds. The van der Waals surface area contributed by atoms with Gasteiger partial charge in [-0.15, -0.1) is 0 Å². The van der Waals surface area contributed by atoms with Gasteiger partial charge in [-0.1, -0.05) is 78.9 Å². The molecular formula is C26H20O3. The van der Waals surface area contributed by atoms with Gasteiger partial charge in [-0.2, -0.15) is 0 Å². The molecule has 4 aromatic carbocycles. The molecule has 0 aliphatic heterocycles. The molecule has 3 nitrogen and oxygen atoms in total. The lowest BCUT2D eigenvalue weighted by Crippen LogP contribution is -1.92. The Bertz CT molecular complexity index is 1230. The molecule has 0 aliphatic rings. The Morgan fingerprint density at radius 1 is 0.621 bits per heavy atom. The van der Waals surface area contributed by atoms with E-state index in [-0.39, 0.29) is 17.3 Å². The highest BCUT2D eigenvalue weighted by Crippen LogP contribution is 2.41. The van der Waals surface area contributed by atoms with Crippen molar-refractivity contribution >= 4 is 22.3 Å². The van der Waals surface area contributed by atoms with Crippen molar-refractivity contribution in [2.75, 3.05) is 0 Å². The third-order valence-electron chi connectivity index (χ3n) is 5.22. The van der Waals surface area contributed by atoms with Crippen LogP contribution in [0.25, 0.3) is 33.0 Å². The topological polar surface area (TPSA) is 54.4 Å². The Hall–Kier alpha value is -3.72. The number of hydrogen-bond donors (Lipinski definition) is 1. The Balaban J connectivity index is 1.88. The number of hydrogen-bond acceptors (Lipinski definition) is 3. The average molecular weight is 380 g/mol. The van der Waals surface area contributed by atoms with Gasteiger partial charge in [0.2, 0.25) is 0 Å². The van der Waals surface area contributed by atoms with Crippen molar-refractivity contribution < 1.29 is 14.7 Å². The minimum Gasteiger partial charge on any atom is -0.507 e. The first-order valence-electron chi connectivity index (χ1n) is 9.43. The Kier molecular flexibility index (Phi) is 4.73. The lowest BCUT2D eigenvalue weighted by Gasteiger charge is -2.13. The van der Waals surface area contributed by atoms with E-state index in [1.54, 1.807) is 31.2 Å². The smallest absolute Gasteiger partial charge is 0.159 e. The molecular weight excluding hydrogens is 360 g/mol. The number of rotatable bonds is 4. The predicted molar refractivity (Wildman–Crippen MR) is 116 cm³/mol. The zero-order valence-electron chi connectivity index (χ0n) is 16.3. The molecule has 0 bridgehead atoms. The maximum atomic E-state index is 11.6. The van der Waals surface area contributed by atoms with Gasteiger partial charge in [-0.3, -0.25) is 9.59 Å². The number of phenols is 1. The quantitative estimate of drug-likeness (QED) is 0.424. The van der Waals surface area contributed by atoms with E-state index in [4.69, 9.17) is 0 Å². The van der Waals surface area contributed by atoms with E-state index in [1.807, 2.05) is 54.6 Å². The Labute approximate surface area is 169 Å². The summed E-state index contributed by atoms with van der Waals surface area (Å²) in [4.78, 5) is 23.1. The van der Waals surface area contributed by atoms with Gasteiger partial charge < -0.3 is 5.11 Å². The van der Waals surface area contributed by atoms with E-state index >= 15 is 0 Å². The molecule has 0 aliphatic carbocycles. The number of aromatic hydroxyl groups is 1. The summed E-state index contributed by atoms with van der Waals surface area (Å²) < 4.78 is 0. The zero-order chi connectivity index (χ0) is 20.5. The van der Waals surface area contributed by atoms with Crippen LogP contribution in [0.5, 0.6) is 5.75 Å². The van der Waals surface area contributed by atoms with Crippen LogP contribution in [0, 0.1) is 0 Å². The monoisotopic (exact) mass is 380 g/mol. The number of carbonyl (C=O) groups excluding carboxylic acids is 2. The van der Waals surface area contributed by atoms with Crippen LogP contribution in [0.15, 0.2) is 78.9 Å². The highest BCUT2D eigenvalue weighted by atomic mass is 16.3. The largest absolute Gasteiger partial charge is 0.507 e. The number of carbonyl (C=O) groups is 2. The van der Waals surface area contributed by atoms with Crippen molar-refractivity contribution in [2.24, 2.45) is 0 Å². The summed E-state index contributed by atoms with van der Waals surface area (Å²) in [7, 11) is 0. The second kappa shape index (κ2) is 7.36. The number of ketones is 2. The predicted octanol–water partition coefficient (Wildman–Crippen LogP) is 6.28. The van der Waals surface area contributed by atoms with E-state index in [0.717, 1.165) is 27.5 Å². The summed E-state index contributed by atoms with van der Waals surface area (Å²) >= 11 is 0. The van der Waals surface area contributed by atoms with Crippen LogP contribution in [-0.2, 0) is 0 Å². The van der Waals surface area contributed by atoms with Crippen LogP contribution >= 0.6 is 0 Å². The minimum atomic E-state index is 0.00979. The molecule has 0 saturated carbocycles. The normalized spacial score (nSPS) is 10.8. The van der Waals surface area contributed by atoms with E-state index in [1.165, 1.54) is 6.92 Å². The average Bonchev–Trinajstić information content (AvgIpc) is 2.74. The fraction of sp³-hybridized carbons (Fsp3) is 0.0769. The standard InChI is InChI=1S/C26H20O3/c1-16(27)18-6-10-20(11-7-18)23-5-3-4-22-14-15-24(26(29)25(22)23)21-12-8-19(9-13-21)17(2)28/h3-15,29H,1-2H3. The van der Waals surface area contributed by atoms with E-state index in [9.17, 15) is 14.7 Å². The molecule has 3 heteroatoms. The van der Waals surface area contributed by atoms with Gasteiger partial charge in [0.25, 0.3) is 0 Å². The molecule has 29 heavy (non-hydrogen) atoms. The lowest BCUT2D eigenvalue weighted by molar-refractivity contribution is 0.100. The summed E-state index contributed by atoms with van der Waals surface area (Å²) in [5.74, 6) is 0.230. The first-order chi connectivity index (χ1) is 14.0. The van der Waals surface area contributed by atoms with Crippen molar-refractivity contribution in [3.05, 3.63) is 90.0 Å². The number of Topliss-reactive ketones (excluding diaryl/α,β-unsaturated/α-hetero) is 2. The second-order valence-corrected chi connectivity index (χ2v) is 7.13. The summed E-state index contributed by atoms with van der Waals surface area (Å²) in [6, 6.07) is 24.4. The van der Waals surface area contributed by atoms with Crippen molar-refractivity contribution in [1.29, 1.82) is 0 Å². The summed E-state index contributed by atoms with van der Waals surface area (Å²) in [5.41, 5.74) is 4.68. The van der Waals surface area contributed by atoms with Gasteiger partial charge in [-0.05, 0) is 35.9 Å². The molecule has 0 saturated heterocycles. The van der Waals surface area contributed by atoms with Crippen molar-refractivity contribution in [2.45, 2.75) is 13.8 Å². The molecule has 0 aromatic heterocycles. The van der Waals surface area contributed by atoms with Gasteiger partial charge in [0.1, 0.15) is 5.75 Å². The third kappa shape index (κ3) is 3.43. The van der Waals surface area contributed by atoms with Crippen LogP contribution in [-0.4, -0.2) is 16.7 Å². The molecule has 0 radical (unpaired) electrons. The summed E-state index contributed by atoms with van der Waals surface area (Å²) in [6.45, 7) is 3.08. The highest BCUT2D eigenvalue weighted by Gasteiger charge is 2.14. The van der Waals surface area contributed by atoms with Gasteiger partial charge in [0.15, 0.2) is 11.6 Å². The fourth-order valence-electron chi connectivity index (χ4n) is 3.60. The van der Waals surface area contributed by atoms with Gasteiger partial charge in [-0.25, -0.2) is 0 Å². The first kappa shape index (κ1) is 18.6. The van der Waals surface area contributed by atoms with Gasteiger partial charge in [0.05, 0.1) is 0 Å². The summed E-state index contributed by atoms with van der Waals surface area (Å²) in [6.07, 6.45) is 0. The number of phenolic OH excluding ortho intramolecular Hbond substituents is 1.